The third-order valence-corrected chi connectivity index (χ3v) is 24.5. The summed E-state index contributed by atoms with van der Waals surface area (Å²) in [5, 5.41) is 0. The standard InChI is InChI=1S/C84H120O24S6/c1-79(2,3)67-43-55-37-57-45-68(80(4,5)6)47-59(74(57)104-26-20-32-110(88,89)90)39-61-49-70(82(10,11)12)51-63(76(61)106-28-22-34-112(94,95)96)41-65-53-72(84(16,17)18)54-66(78(65)108-30-24-36-114(100,101)102)42-64-52-71(83(13,14)15)50-62(77(64)107-29-23-35-113(97,98)99)40-60-48-69(81(7,8)9)46-58(75(60)105-27-21-33-111(91,92)93)38-56(44-67)73(55)103-25-19-31-109(85,86)87/h43-54H,19-42H2,1-18H3,(H,85,86,87)(H,88,89,90)(H,91,92,93)(H,94,95,96)(H,97,98,99)(H,100,101,102). The van der Waals surface area contributed by atoms with Crippen LogP contribution >= 0.6 is 0 Å². The van der Waals surface area contributed by atoms with Gasteiger partial charge < -0.3 is 28.4 Å². The van der Waals surface area contributed by atoms with Crippen molar-refractivity contribution in [2.45, 2.75) is 234 Å². The Balaban J connectivity index is 1.80. The van der Waals surface area contributed by atoms with Crippen LogP contribution in [0.3, 0.4) is 0 Å². The van der Waals surface area contributed by atoms with E-state index in [1.807, 2.05) is 197 Å². The minimum absolute atomic E-state index is 0.0204. The quantitative estimate of drug-likeness (QED) is 0.0180. The van der Waals surface area contributed by atoms with Crippen LogP contribution in [0, 0.1) is 0 Å². The van der Waals surface area contributed by atoms with Crippen molar-refractivity contribution in [2.24, 2.45) is 0 Å². The molecule has 0 fully saturated rings. The summed E-state index contributed by atoms with van der Waals surface area (Å²) in [7, 11) is -27.0. The summed E-state index contributed by atoms with van der Waals surface area (Å²) in [6.45, 7) is 35.4. The average Bonchev–Trinajstić information content (AvgIpc) is 0.767. The van der Waals surface area contributed by atoms with Gasteiger partial charge in [-0.05, 0) is 171 Å². The lowest BCUT2D eigenvalue weighted by molar-refractivity contribution is 0.303. The van der Waals surface area contributed by atoms with Gasteiger partial charge in [-0.2, -0.15) is 50.5 Å². The van der Waals surface area contributed by atoms with Crippen molar-refractivity contribution in [1.29, 1.82) is 0 Å². The van der Waals surface area contributed by atoms with Crippen molar-refractivity contribution < 1.29 is 106 Å². The smallest absolute Gasteiger partial charge is 0.264 e. The van der Waals surface area contributed by atoms with Crippen molar-refractivity contribution >= 4 is 60.7 Å². The molecule has 0 saturated carbocycles. The molecule has 0 amide bonds. The highest BCUT2D eigenvalue weighted by atomic mass is 32.2. The average molecular weight is 1710 g/mol. The highest BCUT2D eigenvalue weighted by Gasteiger charge is 2.33. The van der Waals surface area contributed by atoms with Crippen LogP contribution in [0.2, 0.25) is 0 Å². The van der Waals surface area contributed by atoms with Gasteiger partial charge in [-0.15, -0.1) is 0 Å². The lowest BCUT2D eigenvalue weighted by Crippen LogP contribution is -2.18. The Morgan fingerprint density at radius 2 is 0.307 bits per heavy atom. The van der Waals surface area contributed by atoms with E-state index in [2.05, 4.69) is 0 Å². The van der Waals surface area contributed by atoms with E-state index in [-0.39, 0.29) is 117 Å². The van der Waals surface area contributed by atoms with E-state index in [4.69, 9.17) is 28.4 Å². The van der Waals surface area contributed by atoms with E-state index in [0.29, 0.717) is 101 Å². The summed E-state index contributed by atoms with van der Waals surface area (Å²) in [5.74, 6) is -2.00. The summed E-state index contributed by atoms with van der Waals surface area (Å²) >= 11 is 0. The van der Waals surface area contributed by atoms with E-state index in [1.54, 1.807) is 0 Å². The molecule has 1 aliphatic rings. The molecule has 0 radical (unpaired) electrons. The third kappa shape index (κ3) is 29.6. The number of hydrogen-bond donors (Lipinski definition) is 6. The fraction of sp³-hybridized carbons (Fsp3) is 0.571. The minimum Gasteiger partial charge on any atom is -0.493 e. The van der Waals surface area contributed by atoms with Crippen LogP contribution in [0.25, 0.3) is 0 Å². The number of rotatable bonds is 30. The van der Waals surface area contributed by atoms with Crippen molar-refractivity contribution in [3.8, 4) is 34.5 Å². The van der Waals surface area contributed by atoms with Crippen LogP contribution in [-0.2, 0) is 132 Å². The van der Waals surface area contributed by atoms with Gasteiger partial charge in [-0.1, -0.05) is 197 Å². The zero-order valence-corrected chi connectivity index (χ0v) is 74.3. The second-order valence-electron chi connectivity index (χ2n) is 36.2. The van der Waals surface area contributed by atoms with Crippen molar-refractivity contribution in [3.63, 3.8) is 0 Å². The first-order chi connectivity index (χ1) is 52.0. The number of fused-ring (bicyclic) bond motifs is 12. The number of hydrogen-bond acceptors (Lipinski definition) is 18. The summed E-state index contributed by atoms with van der Waals surface area (Å²) in [4.78, 5) is 0. The van der Waals surface area contributed by atoms with Gasteiger partial charge in [-0.3, -0.25) is 27.3 Å². The van der Waals surface area contributed by atoms with E-state index in [1.165, 1.54) is 0 Å². The molecular weight excluding hydrogens is 1590 g/mol. The predicted octanol–water partition coefficient (Wildman–Crippen LogP) is 15.3. The van der Waals surface area contributed by atoms with Crippen LogP contribution in [0.5, 0.6) is 34.5 Å². The highest BCUT2D eigenvalue weighted by molar-refractivity contribution is 7.87. The first kappa shape index (κ1) is 94.7. The van der Waals surface area contributed by atoms with E-state index in [0.717, 1.165) is 33.4 Å². The molecule has 636 valence electrons. The molecule has 0 spiro atoms. The normalized spacial score (nSPS) is 14.1. The molecule has 0 atom stereocenters. The summed E-state index contributed by atoms with van der Waals surface area (Å²) in [6, 6.07) is 24.0. The maximum Gasteiger partial charge on any atom is 0.264 e. The van der Waals surface area contributed by atoms with Crippen LogP contribution in [0.15, 0.2) is 72.8 Å². The zero-order valence-electron chi connectivity index (χ0n) is 69.4. The molecule has 0 saturated heterocycles. The number of ether oxygens (including phenoxy) is 6. The molecule has 30 heteroatoms. The minimum atomic E-state index is -4.50. The molecule has 6 aromatic rings. The second kappa shape index (κ2) is 36.8. The summed E-state index contributed by atoms with van der Waals surface area (Å²) < 4.78 is 252. The Kier molecular flexibility index (Phi) is 30.6. The van der Waals surface area contributed by atoms with Gasteiger partial charge in [0, 0.05) is 38.5 Å². The maximum absolute atomic E-state index is 12.5. The van der Waals surface area contributed by atoms with E-state index < -0.39 is 128 Å². The first-order valence-corrected chi connectivity index (χ1v) is 48.1. The molecule has 0 heterocycles. The fourth-order valence-electron chi connectivity index (χ4n) is 13.5. The molecule has 12 bridgehead atoms. The molecule has 24 nitrogen and oxygen atoms in total. The number of benzene rings is 6. The van der Waals surface area contributed by atoms with Gasteiger partial charge in [0.25, 0.3) is 60.7 Å². The molecule has 1 aliphatic carbocycles. The Hall–Kier alpha value is -6.42. The lowest BCUT2D eigenvalue weighted by Gasteiger charge is -2.29. The van der Waals surface area contributed by atoms with Crippen molar-refractivity contribution in [2.75, 3.05) is 74.2 Å². The van der Waals surface area contributed by atoms with Gasteiger partial charge in [0.1, 0.15) is 34.5 Å². The van der Waals surface area contributed by atoms with E-state index in [9.17, 15) is 77.8 Å². The molecular formula is C84H120O24S6. The Morgan fingerprint density at radius 1 is 0.211 bits per heavy atom. The van der Waals surface area contributed by atoms with Gasteiger partial charge in [0.2, 0.25) is 0 Å². The SMILES string of the molecule is CC(C)(C)c1cc2c(OCCCS(=O)(=O)O)c(c1)Cc1cc(C(C)(C)C)cc(c1OCCCS(=O)(=O)O)Cc1cc(C(C)(C)C)cc(c1OCCCS(=O)(=O)O)Cc1cc(C(C)(C)C)cc(c1OCCCS(=O)(=O)O)Cc1cc(C(C)(C)C)cc(c1OCCCS(=O)(=O)O)Cc1cc(C(C)(C)C)cc(c1OCCCS(=O)(=O)O)C2. The first-order valence-electron chi connectivity index (χ1n) is 38.5. The highest BCUT2D eigenvalue weighted by Crippen LogP contribution is 2.47. The summed E-state index contributed by atoms with van der Waals surface area (Å²) in [5.41, 5.74) is 8.23. The van der Waals surface area contributed by atoms with Crippen LogP contribution in [0.1, 0.15) is 263 Å². The topological polar surface area (TPSA) is 382 Å². The predicted molar refractivity (Wildman–Crippen MR) is 447 cm³/mol. The molecule has 0 unspecified atom stereocenters. The fourth-order valence-corrected chi connectivity index (χ4v) is 16.4. The van der Waals surface area contributed by atoms with Gasteiger partial charge in [0.15, 0.2) is 0 Å². The molecule has 6 N–H and O–H groups in total. The van der Waals surface area contributed by atoms with Gasteiger partial charge in [0.05, 0.1) is 74.2 Å². The van der Waals surface area contributed by atoms with Crippen LogP contribution in [-0.4, -0.2) is 152 Å². The zero-order chi connectivity index (χ0) is 85.6. The Bertz CT molecular complexity index is 4190. The van der Waals surface area contributed by atoms with Gasteiger partial charge in [-0.25, -0.2) is 0 Å². The molecule has 6 aromatic carbocycles. The molecule has 7 rings (SSSR count). The van der Waals surface area contributed by atoms with Crippen LogP contribution in [0.4, 0.5) is 0 Å². The van der Waals surface area contributed by atoms with Gasteiger partial charge >= 0.3 is 0 Å². The largest absolute Gasteiger partial charge is 0.493 e. The molecule has 0 aromatic heterocycles. The van der Waals surface area contributed by atoms with Crippen LogP contribution < -0.4 is 28.4 Å². The van der Waals surface area contributed by atoms with E-state index >= 15 is 0 Å². The molecule has 0 aliphatic heterocycles. The van der Waals surface area contributed by atoms with Crippen molar-refractivity contribution in [1.82, 2.24) is 0 Å². The Morgan fingerprint density at radius 3 is 0.386 bits per heavy atom. The van der Waals surface area contributed by atoms with Crippen molar-refractivity contribution in [3.05, 3.63) is 173 Å². The molecule has 114 heavy (non-hydrogen) atoms. The summed E-state index contributed by atoms with van der Waals surface area (Å²) in [6.07, 6.45) is -0.818. The maximum atomic E-state index is 12.5. The monoisotopic (exact) mass is 1700 g/mol. The third-order valence-electron chi connectivity index (χ3n) is 19.7. The Labute approximate surface area is 678 Å². The second-order valence-corrected chi connectivity index (χ2v) is 45.7. The lowest BCUT2D eigenvalue weighted by atomic mass is 9.79.